The van der Waals surface area contributed by atoms with Crippen LogP contribution in [0.15, 0.2) is 18.3 Å². The standard InChI is InChI=1S/C17H28ClN3/c1-16(2,3)14-9-13(11-21(14)17(4,5)6)20-15-8-7-12(18)10-19-15/h7-8,10,13-14H,9,11H2,1-6H3,(H,19,20). The number of pyridine rings is 1. The maximum atomic E-state index is 5.90. The van der Waals surface area contributed by atoms with Gasteiger partial charge in [-0.2, -0.15) is 0 Å². The van der Waals surface area contributed by atoms with Gasteiger partial charge in [0.2, 0.25) is 0 Å². The van der Waals surface area contributed by atoms with Crippen molar-refractivity contribution in [2.45, 2.75) is 65.6 Å². The van der Waals surface area contributed by atoms with E-state index in [9.17, 15) is 0 Å². The normalized spacial score (nSPS) is 24.3. The number of nitrogens with one attached hydrogen (secondary N) is 1. The van der Waals surface area contributed by atoms with Crippen molar-refractivity contribution in [1.29, 1.82) is 0 Å². The number of anilines is 1. The lowest BCUT2D eigenvalue weighted by Crippen LogP contribution is -2.49. The maximum Gasteiger partial charge on any atom is 0.126 e. The molecular weight excluding hydrogens is 282 g/mol. The fraction of sp³-hybridized carbons (Fsp3) is 0.706. The van der Waals surface area contributed by atoms with Gasteiger partial charge >= 0.3 is 0 Å². The summed E-state index contributed by atoms with van der Waals surface area (Å²) in [5.41, 5.74) is 0.457. The molecule has 118 valence electrons. The van der Waals surface area contributed by atoms with Crippen molar-refractivity contribution in [3.05, 3.63) is 23.4 Å². The summed E-state index contributed by atoms with van der Waals surface area (Å²) in [6, 6.07) is 4.84. The molecule has 0 saturated carbocycles. The van der Waals surface area contributed by atoms with Crippen molar-refractivity contribution in [2.75, 3.05) is 11.9 Å². The molecule has 1 aliphatic rings. The lowest BCUT2D eigenvalue weighted by molar-refractivity contribution is 0.0580. The van der Waals surface area contributed by atoms with E-state index in [4.69, 9.17) is 11.6 Å². The minimum Gasteiger partial charge on any atom is -0.366 e. The molecule has 2 heterocycles. The first-order chi connectivity index (χ1) is 9.57. The van der Waals surface area contributed by atoms with Gasteiger partial charge in [0.25, 0.3) is 0 Å². The Bertz CT molecular complexity index is 448. The zero-order valence-corrected chi connectivity index (χ0v) is 14.8. The number of hydrogen-bond donors (Lipinski definition) is 1. The third kappa shape index (κ3) is 4.10. The van der Waals surface area contributed by atoms with E-state index in [1.54, 1.807) is 6.20 Å². The van der Waals surface area contributed by atoms with Crippen LogP contribution in [0, 0.1) is 5.41 Å². The van der Waals surface area contributed by atoms with Crippen LogP contribution in [0.5, 0.6) is 0 Å². The Labute approximate surface area is 134 Å². The third-order valence-electron chi connectivity index (χ3n) is 4.24. The van der Waals surface area contributed by atoms with Gasteiger partial charge in [0.05, 0.1) is 5.02 Å². The summed E-state index contributed by atoms with van der Waals surface area (Å²) in [5.74, 6) is 0.910. The number of aromatic nitrogens is 1. The molecule has 2 rings (SSSR count). The summed E-state index contributed by atoms with van der Waals surface area (Å²) in [7, 11) is 0. The van der Waals surface area contributed by atoms with Crippen molar-refractivity contribution < 1.29 is 0 Å². The molecule has 2 unspecified atom stereocenters. The van der Waals surface area contributed by atoms with Crippen molar-refractivity contribution >= 4 is 17.4 Å². The van der Waals surface area contributed by atoms with Crippen LogP contribution in [0.4, 0.5) is 5.82 Å². The van der Waals surface area contributed by atoms with Crippen LogP contribution in [0.1, 0.15) is 48.0 Å². The summed E-state index contributed by atoms with van der Waals surface area (Å²) < 4.78 is 0. The molecule has 0 bridgehead atoms. The highest BCUT2D eigenvalue weighted by Gasteiger charge is 2.43. The SMILES string of the molecule is CC(C)(C)C1CC(Nc2ccc(Cl)cn2)CN1C(C)(C)C. The van der Waals surface area contributed by atoms with Crippen LogP contribution in [-0.4, -0.2) is 34.1 Å². The fourth-order valence-electron chi connectivity index (χ4n) is 3.17. The summed E-state index contributed by atoms with van der Waals surface area (Å²) in [6.45, 7) is 15.0. The number of rotatable bonds is 2. The van der Waals surface area contributed by atoms with Gasteiger partial charge in [-0.3, -0.25) is 4.90 Å². The predicted octanol–water partition coefficient (Wildman–Crippen LogP) is 4.43. The van der Waals surface area contributed by atoms with Gasteiger partial charge in [0, 0.05) is 30.4 Å². The number of hydrogen-bond acceptors (Lipinski definition) is 3. The van der Waals surface area contributed by atoms with Crippen LogP contribution in [0.2, 0.25) is 5.02 Å². The van der Waals surface area contributed by atoms with Gasteiger partial charge in [-0.1, -0.05) is 32.4 Å². The van der Waals surface area contributed by atoms with E-state index in [0.717, 1.165) is 18.8 Å². The molecule has 0 spiro atoms. The second-order valence-electron chi connectivity index (χ2n) is 8.14. The van der Waals surface area contributed by atoms with Crippen LogP contribution in [0.25, 0.3) is 0 Å². The van der Waals surface area contributed by atoms with Gasteiger partial charge in [-0.15, -0.1) is 0 Å². The average Bonchev–Trinajstić information content (AvgIpc) is 2.76. The van der Waals surface area contributed by atoms with Gasteiger partial charge in [-0.05, 0) is 44.7 Å². The molecule has 3 nitrogen and oxygen atoms in total. The lowest BCUT2D eigenvalue weighted by atomic mass is 9.83. The van der Waals surface area contributed by atoms with Crippen molar-refractivity contribution in [3.63, 3.8) is 0 Å². The molecule has 1 N–H and O–H groups in total. The zero-order chi connectivity index (χ0) is 15.8. The second kappa shape index (κ2) is 5.77. The van der Waals surface area contributed by atoms with E-state index in [1.165, 1.54) is 0 Å². The number of nitrogens with zero attached hydrogens (tertiary/aromatic N) is 2. The number of halogens is 1. The maximum absolute atomic E-state index is 5.90. The first kappa shape index (κ1) is 16.6. The fourth-order valence-corrected chi connectivity index (χ4v) is 3.29. The number of likely N-dealkylation sites (tertiary alicyclic amines) is 1. The molecule has 0 amide bonds. The van der Waals surface area contributed by atoms with Crippen molar-refractivity contribution in [2.24, 2.45) is 5.41 Å². The molecule has 4 heteroatoms. The van der Waals surface area contributed by atoms with Crippen LogP contribution >= 0.6 is 11.6 Å². The van der Waals surface area contributed by atoms with Crippen LogP contribution < -0.4 is 5.32 Å². The molecule has 2 atom stereocenters. The van der Waals surface area contributed by atoms with Crippen molar-refractivity contribution in [3.8, 4) is 0 Å². The summed E-state index contributed by atoms with van der Waals surface area (Å²) in [6.07, 6.45) is 2.84. The Balaban J connectivity index is 2.12. The monoisotopic (exact) mass is 309 g/mol. The van der Waals surface area contributed by atoms with E-state index in [2.05, 4.69) is 56.7 Å². The highest BCUT2D eigenvalue weighted by Crippen LogP contribution is 2.37. The van der Waals surface area contributed by atoms with E-state index in [0.29, 0.717) is 17.1 Å². The highest BCUT2D eigenvalue weighted by atomic mass is 35.5. The minimum atomic E-state index is 0.182. The molecular formula is C17H28ClN3. The van der Waals surface area contributed by atoms with Gasteiger partial charge in [-0.25, -0.2) is 4.98 Å². The zero-order valence-electron chi connectivity index (χ0n) is 14.1. The molecule has 0 aliphatic carbocycles. The Morgan fingerprint density at radius 1 is 1.19 bits per heavy atom. The molecule has 1 aromatic rings. The minimum absolute atomic E-state index is 0.182. The average molecular weight is 310 g/mol. The Morgan fingerprint density at radius 2 is 1.86 bits per heavy atom. The first-order valence-electron chi connectivity index (χ1n) is 7.72. The quantitative estimate of drug-likeness (QED) is 0.875. The van der Waals surface area contributed by atoms with Crippen LogP contribution in [-0.2, 0) is 0 Å². The third-order valence-corrected chi connectivity index (χ3v) is 4.47. The Morgan fingerprint density at radius 3 is 2.29 bits per heavy atom. The predicted molar refractivity (Wildman–Crippen MR) is 91.0 cm³/mol. The van der Waals surface area contributed by atoms with Crippen molar-refractivity contribution in [1.82, 2.24) is 9.88 Å². The Kier molecular flexibility index (Phi) is 4.55. The van der Waals surface area contributed by atoms with Gasteiger partial charge in [0.1, 0.15) is 5.82 Å². The van der Waals surface area contributed by atoms with E-state index < -0.39 is 0 Å². The largest absolute Gasteiger partial charge is 0.366 e. The molecule has 0 radical (unpaired) electrons. The molecule has 0 aromatic carbocycles. The topological polar surface area (TPSA) is 28.2 Å². The lowest BCUT2D eigenvalue weighted by Gasteiger charge is -2.42. The second-order valence-corrected chi connectivity index (χ2v) is 8.58. The van der Waals surface area contributed by atoms with E-state index in [1.807, 2.05) is 12.1 Å². The summed E-state index contributed by atoms with van der Waals surface area (Å²) >= 11 is 5.90. The Hall–Kier alpha value is -0.800. The summed E-state index contributed by atoms with van der Waals surface area (Å²) in [5, 5.41) is 4.24. The molecule has 1 fully saturated rings. The van der Waals surface area contributed by atoms with Gasteiger partial charge in [0.15, 0.2) is 0 Å². The highest BCUT2D eigenvalue weighted by molar-refractivity contribution is 6.30. The first-order valence-corrected chi connectivity index (χ1v) is 8.10. The molecule has 1 aliphatic heterocycles. The van der Waals surface area contributed by atoms with Crippen LogP contribution in [0.3, 0.4) is 0 Å². The molecule has 21 heavy (non-hydrogen) atoms. The smallest absolute Gasteiger partial charge is 0.126 e. The van der Waals surface area contributed by atoms with E-state index in [-0.39, 0.29) is 11.0 Å². The van der Waals surface area contributed by atoms with E-state index >= 15 is 0 Å². The summed E-state index contributed by atoms with van der Waals surface area (Å²) in [4.78, 5) is 6.98. The molecule has 1 saturated heterocycles. The molecule has 1 aromatic heterocycles. The van der Waals surface area contributed by atoms with Gasteiger partial charge < -0.3 is 5.32 Å².